The highest BCUT2D eigenvalue weighted by molar-refractivity contribution is 5.95. The lowest BCUT2D eigenvalue weighted by molar-refractivity contribution is 0.0931. The number of aryl methyl sites for hydroxylation is 1. The van der Waals surface area contributed by atoms with Crippen molar-refractivity contribution in [3.8, 4) is 5.82 Å². The van der Waals surface area contributed by atoms with Crippen molar-refractivity contribution in [2.24, 2.45) is 0 Å². The van der Waals surface area contributed by atoms with Gasteiger partial charge in [-0.05, 0) is 41.7 Å². The fraction of sp³-hybridized carbons (Fsp3) is 0.174. The number of benzene rings is 2. The Bertz CT molecular complexity index is 1130. The highest BCUT2D eigenvalue weighted by Crippen LogP contribution is 2.31. The molecule has 4 aromatic rings. The van der Waals surface area contributed by atoms with Crippen molar-refractivity contribution in [1.29, 1.82) is 0 Å². The summed E-state index contributed by atoms with van der Waals surface area (Å²) >= 11 is 0. The van der Waals surface area contributed by atoms with E-state index < -0.39 is 0 Å². The maximum absolute atomic E-state index is 13.2. The standard InChI is InChI=1S/C23H21N5O/c29-22(24-20-13-12-18-10-4-5-11-19(18)20)21-23(27-14-6-7-15-27)28(26-25-21)16-17-8-2-1-3-9-17/h1-11,14-15,20H,12-13,16H2,(H,24,29). The molecule has 144 valence electrons. The Labute approximate surface area is 168 Å². The molecule has 1 atom stereocenters. The molecule has 1 unspecified atom stereocenters. The van der Waals surface area contributed by atoms with Crippen molar-refractivity contribution in [2.75, 3.05) is 0 Å². The van der Waals surface area contributed by atoms with E-state index in [9.17, 15) is 4.79 Å². The van der Waals surface area contributed by atoms with Gasteiger partial charge in [0.25, 0.3) is 5.91 Å². The van der Waals surface area contributed by atoms with E-state index in [-0.39, 0.29) is 11.9 Å². The Hall–Kier alpha value is -3.67. The molecule has 5 rings (SSSR count). The number of aromatic nitrogens is 4. The summed E-state index contributed by atoms with van der Waals surface area (Å²) in [6.45, 7) is 0.543. The lowest BCUT2D eigenvalue weighted by atomic mass is 10.1. The number of hydrogen-bond acceptors (Lipinski definition) is 3. The van der Waals surface area contributed by atoms with Crippen LogP contribution in [0.5, 0.6) is 0 Å². The van der Waals surface area contributed by atoms with Crippen molar-refractivity contribution >= 4 is 5.91 Å². The van der Waals surface area contributed by atoms with Crippen molar-refractivity contribution in [3.05, 3.63) is 102 Å². The van der Waals surface area contributed by atoms with Gasteiger partial charge in [0.1, 0.15) is 0 Å². The molecule has 6 nitrogen and oxygen atoms in total. The Morgan fingerprint density at radius 1 is 1.00 bits per heavy atom. The summed E-state index contributed by atoms with van der Waals surface area (Å²) in [6, 6.07) is 22.2. The highest BCUT2D eigenvalue weighted by Gasteiger charge is 2.27. The van der Waals surface area contributed by atoms with Crippen LogP contribution in [-0.4, -0.2) is 25.5 Å². The van der Waals surface area contributed by atoms with E-state index in [1.54, 1.807) is 4.68 Å². The monoisotopic (exact) mass is 383 g/mol. The third-order valence-corrected chi connectivity index (χ3v) is 5.39. The molecule has 1 aliphatic carbocycles. The van der Waals surface area contributed by atoms with Gasteiger partial charge in [-0.25, -0.2) is 4.68 Å². The molecule has 2 heterocycles. The summed E-state index contributed by atoms with van der Waals surface area (Å²) in [5, 5.41) is 11.7. The van der Waals surface area contributed by atoms with E-state index in [1.807, 2.05) is 71.6 Å². The third-order valence-electron chi connectivity index (χ3n) is 5.39. The van der Waals surface area contributed by atoms with Crippen LogP contribution in [0.3, 0.4) is 0 Å². The molecule has 1 N–H and O–H groups in total. The zero-order valence-corrected chi connectivity index (χ0v) is 15.9. The van der Waals surface area contributed by atoms with Crippen LogP contribution in [0.4, 0.5) is 0 Å². The molecule has 0 bridgehead atoms. The molecule has 2 aromatic carbocycles. The average Bonchev–Trinajstić information content (AvgIpc) is 3.49. The van der Waals surface area contributed by atoms with E-state index in [2.05, 4.69) is 27.8 Å². The zero-order chi connectivity index (χ0) is 19.6. The highest BCUT2D eigenvalue weighted by atomic mass is 16.2. The third kappa shape index (κ3) is 3.33. The van der Waals surface area contributed by atoms with Crippen LogP contribution in [0.2, 0.25) is 0 Å². The van der Waals surface area contributed by atoms with Gasteiger partial charge in [-0.1, -0.05) is 59.8 Å². The first-order valence-corrected chi connectivity index (χ1v) is 9.79. The summed E-state index contributed by atoms with van der Waals surface area (Å²) < 4.78 is 3.66. The molecule has 1 amide bonds. The molecule has 0 saturated carbocycles. The van der Waals surface area contributed by atoms with E-state index >= 15 is 0 Å². The maximum atomic E-state index is 13.2. The second kappa shape index (κ2) is 7.39. The summed E-state index contributed by atoms with van der Waals surface area (Å²) in [4.78, 5) is 13.2. The predicted molar refractivity (Wildman–Crippen MR) is 110 cm³/mol. The van der Waals surface area contributed by atoms with Gasteiger partial charge in [0, 0.05) is 12.4 Å². The Kier molecular flexibility index (Phi) is 4.44. The first-order chi connectivity index (χ1) is 14.3. The number of carbonyl (C=O) groups excluding carboxylic acids is 1. The molecule has 0 aliphatic heterocycles. The number of nitrogens with one attached hydrogen (secondary N) is 1. The van der Waals surface area contributed by atoms with Crippen LogP contribution in [0.25, 0.3) is 5.82 Å². The Morgan fingerprint density at radius 3 is 2.59 bits per heavy atom. The minimum Gasteiger partial charge on any atom is -0.344 e. The van der Waals surface area contributed by atoms with E-state index in [1.165, 1.54) is 11.1 Å². The second-order valence-corrected chi connectivity index (χ2v) is 7.26. The van der Waals surface area contributed by atoms with E-state index in [0.717, 1.165) is 18.4 Å². The fourth-order valence-corrected chi connectivity index (χ4v) is 3.98. The molecule has 1 aliphatic rings. The Morgan fingerprint density at radius 2 is 1.76 bits per heavy atom. The summed E-state index contributed by atoms with van der Waals surface area (Å²) in [5.41, 5.74) is 3.93. The van der Waals surface area contributed by atoms with Crippen LogP contribution in [0, 0.1) is 0 Å². The average molecular weight is 383 g/mol. The first-order valence-electron chi connectivity index (χ1n) is 9.79. The Balaban J connectivity index is 1.46. The van der Waals surface area contributed by atoms with E-state index in [0.29, 0.717) is 18.1 Å². The predicted octanol–water partition coefficient (Wildman–Crippen LogP) is 3.53. The van der Waals surface area contributed by atoms with Gasteiger partial charge in [0.05, 0.1) is 12.6 Å². The number of rotatable bonds is 5. The number of fused-ring (bicyclic) bond motifs is 1. The van der Waals surface area contributed by atoms with Gasteiger partial charge in [-0.15, -0.1) is 5.10 Å². The van der Waals surface area contributed by atoms with Gasteiger partial charge >= 0.3 is 0 Å². The number of nitrogens with zero attached hydrogens (tertiary/aromatic N) is 4. The zero-order valence-electron chi connectivity index (χ0n) is 15.9. The van der Waals surface area contributed by atoms with Gasteiger partial charge in [-0.3, -0.25) is 4.79 Å². The van der Waals surface area contributed by atoms with Crippen LogP contribution in [0.15, 0.2) is 79.1 Å². The topological polar surface area (TPSA) is 64.7 Å². The maximum Gasteiger partial charge on any atom is 0.276 e. The lowest BCUT2D eigenvalue weighted by Crippen LogP contribution is -2.28. The minimum atomic E-state index is -0.199. The second-order valence-electron chi connectivity index (χ2n) is 7.26. The van der Waals surface area contributed by atoms with Crippen LogP contribution in [-0.2, 0) is 13.0 Å². The van der Waals surface area contributed by atoms with Gasteiger partial charge in [0.2, 0.25) is 0 Å². The lowest BCUT2D eigenvalue weighted by Gasteiger charge is -2.14. The fourth-order valence-electron chi connectivity index (χ4n) is 3.98. The molecule has 6 heteroatoms. The molecular weight excluding hydrogens is 362 g/mol. The molecule has 0 saturated heterocycles. The summed E-state index contributed by atoms with van der Waals surface area (Å²) in [6.07, 6.45) is 5.69. The van der Waals surface area contributed by atoms with Crippen LogP contribution in [0.1, 0.15) is 39.6 Å². The normalized spacial score (nSPS) is 15.2. The van der Waals surface area contributed by atoms with Crippen molar-refractivity contribution in [1.82, 2.24) is 24.9 Å². The molecule has 29 heavy (non-hydrogen) atoms. The summed E-state index contributed by atoms with van der Waals surface area (Å²) in [7, 11) is 0. The van der Waals surface area contributed by atoms with Gasteiger partial charge in [0.15, 0.2) is 11.5 Å². The van der Waals surface area contributed by atoms with Crippen LogP contribution < -0.4 is 5.32 Å². The number of amides is 1. The molecule has 0 spiro atoms. The first kappa shape index (κ1) is 17.4. The van der Waals surface area contributed by atoms with Crippen molar-refractivity contribution in [3.63, 3.8) is 0 Å². The van der Waals surface area contributed by atoms with Gasteiger partial charge < -0.3 is 9.88 Å². The molecule has 0 radical (unpaired) electrons. The molecular formula is C23H21N5O. The SMILES string of the molecule is O=C(NC1CCc2ccccc21)c1nnn(Cc2ccccc2)c1-n1cccc1. The smallest absolute Gasteiger partial charge is 0.276 e. The minimum absolute atomic E-state index is 0.00971. The quantitative estimate of drug-likeness (QED) is 0.573. The van der Waals surface area contributed by atoms with Crippen molar-refractivity contribution < 1.29 is 4.79 Å². The molecule has 0 fully saturated rings. The molecule has 2 aromatic heterocycles. The van der Waals surface area contributed by atoms with Crippen molar-refractivity contribution in [2.45, 2.75) is 25.4 Å². The largest absolute Gasteiger partial charge is 0.344 e. The van der Waals surface area contributed by atoms with Gasteiger partial charge in [-0.2, -0.15) is 0 Å². The van der Waals surface area contributed by atoms with E-state index in [4.69, 9.17) is 0 Å². The van der Waals surface area contributed by atoms with Crippen LogP contribution >= 0.6 is 0 Å². The summed E-state index contributed by atoms with van der Waals surface area (Å²) in [5.74, 6) is 0.470. The number of hydrogen-bond donors (Lipinski definition) is 1. The number of carbonyl (C=O) groups is 1.